The van der Waals surface area contributed by atoms with Crippen LogP contribution in [-0.2, 0) is 4.79 Å². The SMILES string of the molecule is O=C(CCCNC(=O)c1cccs1)NCCC1CCCCC1. The van der Waals surface area contributed by atoms with Gasteiger partial charge in [-0.25, -0.2) is 0 Å². The second-order valence-electron chi connectivity index (χ2n) is 5.98. The molecule has 4 nitrogen and oxygen atoms in total. The zero-order chi connectivity index (χ0) is 15.6. The van der Waals surface area contributed by atoms with Gasteiger partial charge in [0.2, 0.25) is 5.91 Å². The minimum absolute atomic E-state index is 0.0484. The zero-order valence-electron chi connectivity index (χ0n) is 13.1. The second-order valence-corrected chi connectivity index (χ2v) is 6.93. The van der Waals surface area contributed by atoms with Crippen molar-refractivity contribution in [2.24, 2.45) is 5.92 Å². The van der Waals surface area contributed by atoms with Crippen LogP contribution in [-0.4, -0.2) is 24.9 Å². The van der Waals surface area contributed by atoms with E-state index < -0.39 is 0 Å². The van der Waals surface area contributed by atoms with Crippen molar-refractivity contribution < 1.29 is 9.59 Å². The minimum Gasteiger partial charge on any atom is -0.356 e. The summed E-state index contributed by atoms with van der Waals surface area (Å²) in [4.78, 5) is 24.2. The highest BCUT2D eigenvalue weighted by molar-refractivity contribution is 7.12. The van der Waals surface area contributed by atoms with Gasteiger partial charge in [0, 0.05) is 19.5 Å². The van der Waals surface area contributed by atoms with Crippen molar-refractivity contribution >= 4 is 23.2 Å². The van der Waals surface area contributed by atoms with E-state index in [1.165, 1.54) is 43.4 Å². The average molecular weight is 322 g/mol. The molecule has 1 aliphatic carbocycles. The molecule has 0 saturated heterocycles. The molecule has 0 spiro atoms. The van der Waals surface area contributed by atoms with E-state index in [9.17, 15) is 9.59 Å². The third-order valence-electron chi connectivity index (χ3n) is 4.21. The molecule has 1 fully saturated rings. The lowest BCUT2D eigenvalue weighted by atomic mass is 9.87. The van der Waals surface area contributed by atoms with Crippen molar-refractivity contribution in [1.82, 2.24) is 10.6 Å². The Labute approximate surface area is 136 Å². The van der Waals surface area contributed by atoms with Crippen LogP contribution in [0.2, 0.25) is 0 Å². The van der Waals surface area contributed by atoms with Crippen molar-refractivity contribution in [2.75, 3.05) is 13.1 Å². The smallest absolute Gasteiger partial charge is 0.261 e. The van der Waals surface area contributed by atoms with E-state index in [0.717, 1.165) is 23.8 Å². The molecule has 0 bridgehead atoms. The summed E-state index contributed by atoms with van der Waals surface area (Å²) < 4.78 is 0. The van der Waals surface area contributed by atoms with E-state index >= 15 is 0 Å². The van der Waals surface area contributed by atoms with Gasteiger partial charge in [-0.05, 0) is 30.2 Å². The molecule has 0 atom stereocenters. The van der Waals surface area contributed by atoms with Crippen molar-refractivity contribution in [3.63, 3.8) is 0 Å². The monoisotopic (exact) mass is 322 g/mol. The van der Waals surface area contributed by atoms with Crippen molar-refractivity contribution in [3.05, 3.63) is 22.4 Å². The fourth-order valence-corrected chi connectivity index (χ4v) is 3.57. The number of amides is 2. The molecule has 0 unspecified atom stereocenters. The largest absolute Gasteiger partial charge is 0.356 e. The topological polar surface area (TPSA) is 58.2 Å². The summed E-state index contributed by atoms with van der Waals surface area (Å²) >= 11 is 1.43. The van der Waals surface area contributed by atoms with Crippen LogP contribution >= 0.6 is 11.3 Å². The molecular weight excluding hydrogens is 296 g/mol. The van der Waals surface area contributed by atoms with Crippen molar-refractivity contribution in [2.45, 2.75) is 51.4 Å². The van der Waals surface area contributed by atoms with Crippen LogP contribution in [0.1, 0.15) is 61.0 Å². The molecule has 2 N–H and O–H groups in total. The van der Waals surface area contributed by atoms with Crippen LogP contribution < -0.4 is 10.6 Å². The van der Waals surface area contributed by atoms with E-state index in [4.69, 9.17) is 0 Å². The number of carbonyl (C=O) groups excluding carboxylic acids is 2. The Balaban J connectivity index is 1.48. The average Bonchev–Trinajstić information content (AvgIpc) is 3.07. The summed E-state index contributed by atoms with van der Waals surface area (Å²) in [6.45, 7) is 1.35. The van der Waals surface area contributed by atoms with E-state index in [0.29, 0.717) is 19.4 Å². The second kappa shape index (κ2) is 9.62. The van der Waals surface area contributed by atoms with E-state index in [2.05, 4.69) is 10.6 Å². The maximum Gasteiger partial charge on any atom is 0.261 e. The van der Waals surface area contributed by atoms with E-state index in [-0.39, 0.29) is 11.8 Å². The van der Waals surface area contributed by atoms with Crippen molar-refractivity contribution in [1.29, 1.82) is 0 Å². The molecule has 1 aromatic heterocycles. The molecule has 122 valence electrons. The van der Waals surface area contributed by atoms with Gasteiger partial charge in [0.25, 0.3) is 5.91 Å². The Morgan fingerprint density at radius 1 is 1.14 bits per heavy atom. The van der Waals surface area contributed by atoms with Crippen molar-refractivity contribution in [3.8, 4) is 0 Å². The Morgan fingerprint density at radius 3 is 2.68 bits per heavy atom. The minimum atomic E-state index is -0.0484. The summed E-state index contributed by atoms with van der Waals surface area (Å²) in [5.41, 5.74) is 0. The molecule has 0 aromatic carbocycles. The fraction of sp³-hybridized carbons (Fsp3) is 0.647. The molecule has 0 aliphatic heterocycles. The van der Waals surface area contributed by atoms with Gasteiger partial charge in [0.1, 0.15) is 0 Å². The van der Waals surface area contributed by atoms with Gasteiger partial charge in [-0.15, -0.1) is 11.3 Å². The van der Waals surface area contributed by atoms with E-state index in [1.54, 1.807) is 6.07 Å². The van der Waals surface area contributed by atoms with Crippen LogP contribution in [0, 0.1) is 5.92 Å². The van der Waals surface area contributed by atoms with E-state index in [1.807, 2.05) is 11.4 Å². The summed E-state index contributed by atoms with van der Waals surface area (Å²) in [6, 6.07) is 3.66. The summed E-state index contributed by atoms with van der Waals surface area (Å²) in [5, 5.41) is 7.72. The molecule has 22 heavy (non-hydrogen) atoms. The molecule has 1 aromatic rings. The Bertz CT molecular complexity index is 453. The number of hydrogen-bond acceptors (Lipinski definition) is 3. The number of nitrogens with one attached hydrogen (secondary N) is 2. The Kier molecular flexibility index (Phi) is 7.43. The van der Waals surface area contributed by atoms with Crippen LogP contribution in [0.25, 0.3) is 0 Å². The molecular formula is C17H26N2O2S. The highest BCUT2D eigenvalue weighted by Gasteiger charge is 2.13. The first-order valence-corrected chi connectivity index (χ1v) is 9.22. The lowest BCUT2D eigenvalue weighted by molar-refractivity contribution is -0.121. The highest BCUT2D eigenvalue weighted by atomic mass is 32.1. The Hall–Kier alpha value is -1.36. The molecule has 2 amide bonds. The molecule has 1 aliphatic rings. The van der Waals surface area contributed by atoms with Gasteiger partial charge >= 0.3 is 0 Å². The molecule has 2 rings (SSSR count). The maximum atomic E-state index is 11.7. The molecule has 0 radical (unpaired) electrons. The normalized spacial score (nSPS) is 15.5. The van der Waals surface area contributed by atoms with Crippen LogP contribution in [0.3, 0.4) is 0 Å². The number of thiophene rings is 1. The molecule has 5 heteroatoms. The van der Waals surface area contributed by atoms with Crippen LogP contribution in [0.4, 0.5) is 0 Å². The van der Waals surface area contributed by atoms with Gasteiger partial charge in [0.15, 0.2) is 0 Å². The summed E-state index contributed by atoms with van der Waals surface area (Å²) in [5.74, 6) is 0.855. The predicted molar refractivity (Wildman–Crippen MR) is 90.1 cm³/mol. The summed E-state index contributed by atoms with van der Waals surface area (Å²) in [6.07, 6.45) is 9.00. The van der Waals surface area contributed by atoms with Gasteiger partial charge in [-0.3, -0.25) is 9.59 Å². The Morgan fingerprint density at radius 2 is 1.95 bits per heavy atom. The summed E-state index contributed by atoms with van der Waals surface area (Å²) in [7, 11) is 0. The van der Waals surface area contributed by atoms with Gasteiger partial charge in [-0.1, -0.05) is 38.2 Å². The lowest BCUT2D eigenvalue weighted by Gasteiger charge is -2.21. The molecule has 1 saturated carbocycles. The number of carbonyl (C=O) groups is 2. The van der Waals surface area contributed by atoms with Gasteiger partial charge in [0.05, 0.1) is 4.88 Å². The van der Waals surface area contributed by atoms with Crippen LogP contribution in [0.15, 0.2) is 17.5 Å². The quantitative estimate of drug-likeness (QED) is 0.721. The lowest BCUT2D eigenvalue weighted by Crippen LogP contribution is -2.28. The van der Waals surface area contributed by atoms with Crippen LogP contribution in [0.5, 0.6) is 0 Å². The first-order valence-electron chi connectivity index (χ1n) is 8.34. The third kappa shape index (κ3) is 6.18. The van der Waals surface area contributed by atoms with Gasteiger partial charge < -0.3 is 10.6 Å². The van der Waals surface area contributed by atoms with Gasteiger partial charge in [-0.2, -0.15) is 0 Å². The zero-order valence-corrected chi connectivity index (χ0v) is 13.9. The number of hydrogen-bond donors (Lipinski definition) is 2. The maximum absolute atomic E-state index is 11.7. The highest BCUT2D eigenvalue weighted by Crippen LogP contribution is 2.25. The predicted octanol–water partition coefficient (Wildman–Crippen LogP) is 3.34. The number of rotatable bonds is 8. The first-order chi connectivity index (χ1) is 10.8. The molecule has 1 heterocycles. The standard InChI is InChI=1S/C17H26N2O2S/c20-16(18-12-10-14-6-2-1-3-7-14)9-4-11-19-17(21)15-8-5-13-22-15/h5,8,13-14H,1-4,6-7,9-12H2,(H,18,20)(H,19,21). The fourth-order valence-electron chi connectivity index (χ4n) is 2.93. The third-order valence-corrected chi connectivity index (χ3v) is 5.08. The first kappa shape index (κ1) is 17.0.